The van der Waals surface area contributed by atoms with Crippen LogP contribution in [0.15, 0.2) is 0 Å². The zero-order chi connectivity index (χ0) is 7.35. The van der Waals surface area contributed by atoms with Gasteiger partial charge in [-0.25, -0.2) is 0 Å². The summed E-state index contributed by atoms with van der Waals surface area (Å²) in [5, 5.41) is 0. The summed E-state index contributed by atoms with van der Waals surface area (Å²) in [5.41, 5.74) is 0.683. The molecular formula is C10H18. The minimum absolute atomic E-state index is 0.683. The molecule has 2 aliphatic rings. The third-order valence-corrected chi connectivity index (χ3v) is 3.91. The fourth-order valence-corrected chi connectivity index (χ4v) is 3.31. The maximum absolute atomic E-state index is 2.45. The summed E-state index contributed by atoms with van der Waals surface area (Å²) in [4.78, 5) is 0. The standard InChI is InChI=1S/C10H18/c1-7-6-10(2,3)9-5-4-8(7)9/h7-9H,4-6H2,1-3H3. The molecule has 0 nitrogen and oxygen atoms in total. The van der Waals surface area contributed by atoms with Crippen molar-refractivity contribution in [3.8, 4) is 0 Å². The van der Waals surface area contributed by atoms with E-state index < -0.39 is 0 Å². The van der Waals surface area contributed by atoms with E-state index in [1.807, 2.05) is 0 Å². The largest absolute Gasteiger partial charge is 0.0622 e. The number of rotatable bonds is 0. The van der Waals surface area contributed by atoms with Gasteiger partial charge in [0.25, 0.3) is 0 Å². The summed E-state index contributed by atoms with van der Waals surface area (Å²) in [7, 11) is 0. The lowest BCUT2D eigenvalue weighted by atomic mass is 9.66. The fraction of sp³-hybridized carbons (Fsp3) is 1.00. The first-order valence-corrected chi connectivity index (χ1v) is 4.61. The van der Waals surface area contributed by atoms with E-state index in [9.17, 15) is 0 Å². The Labute approximate surface area is 64.0 Å². The van der Waals surface area contributed by atoms with Crippen LogP contribution in [-0.2, 0) is 0 Å². The van der Waals surface area contributed by atoms with Gasteiger partial charge in [-0.2, -0.15) is 0 Å². The van der Waals surface area contributed by atoms with E-state index in [1.165, 1.54) is 19.3 Å². The molecule has 0 N–H and O–H groups in total. The van der Waals surface area contributed by atoms with Crippen molar-refractivity contribution < 1.29 is 0 Å². The average Bonchev–Trinajstić information content (AvgIpc) is 1.66. The summed E-state index contributed by atoms with van der Waals surface area (Å²) in [5.74, 6) is 3.21. The maximum atomic E-state index is 2.45. The molecule has 0 aromatic heterocycles. The van der Waals surface area contributed by atoms with Crippen molar-refractivity contribution in [2.75, 3.05) is 0 Å². The predicted molar refractivity (Wildman–Crippen MR) is 43.8 cm³/mol. The first-order chi connectivity index (χ1) is 4.61. The molecule has 0 heteroatoms. The maximum Gasteiger partial charge on any atom is -0.0321 e. The summed E-state index contributed by atoms with van der Waals surface area (Å²) in [6, 6.07) is 0. The Hall–Kier alpha value is 0. The van der Waals surface area contributed by atoms with Gasteiger partial charge in [0.15, 0.2) is 0 Å². The molecule has 2 fully saturated rings. The lowest BCUT2D eigenvalue weighted by Gasteiger charge is -2.39. The summed E-state index contributed by atoms with van der Waals surface area (Å²) in [6.45, 7) is 7.34. The summed E-state index contributed by atoms with van der Waals surface area (Å²) >= 11 is 0. The molecule has 0 aliphatic heterocycles. The van der Waals surface area contributed by atoms with Crippen LogP contribution >= 0.6 is 0 Å². The van der Waals surface area contributed by atoms with Crippen molar-refractivity contribution in [2.45, 2.75) is 40.0 Å². The monoisotopic (exact) mass is 138 g/mol. The van der Waals surface area contributed by atoms with Crippen molar-refractivity contribution in [2.24, 2.45) is 23.2 Å². The molecular weight excluding hydrogens is 120 g/mol. The highest BCUT2D eigenvalue weighted by Crippen LogP contribution is 2.59. The first kappa shape index (κ1) is 6.69. The molecule has 2 aliphatic carbocycles. The van der Waals surface area contributed by atoms with Crippen LogP contribution in [0.3, 0.4) is 0 Å². The lowest BCUT2D eigenvalue weighted by molar-refractivity contribution is 0.105. The zero-order valence-electron chi connectivity index (χ0n) is 7.35. The van der Waals surface area contributed by atoms with Crippen molar-refractivity contribution in [3.63, 3.8) is 0 Å². The van der Waals surface area contributed by atoms with E-state index in [-0.39, 0.29) is 0 Å². The van der Waals surface area contributed by atoms with Crippen LogP contribution in [0.2, 0.25) is 0 Å². The molecule has 0 radical (unpaired) electrons. The minimum atomic E-state index is 0.683. The molecule has 0 spiro atoms. The van der Waals surface area contributed by atoms with E-state index in [4.69, 9.17) is 0 Å². The second kappa shape index (κ2) is 1.78. The van der Waals surface area contributed by atoms with Gasteiger partial charge in [0.05, 0.1) is 0 Å². The van der Waals surface area contributed by atoms with Crippen LogP contribution < -0.4 is 0 Å². The molecule has 0 amide bonds. The Bertz CT molecular complexity index is 146. The van der Waals surface area contributed by atoms with Gasteiger partial charge in [0.2, 0.25) is 0 Å². The van der Waals surface area contributed by atoms with Gasteiger partial charge >= 0.3 is 0 Å². The Kier molecular flexibility index (Phi) is 1.19. The van der Waals surface area contributed by atoms with Crippen LogP contribution in [0.5, 0.6) is 0 Å². The van der Waals surface area contributed by atoms with Crippen LogP contribution in [-0.4, -0.2) is 0 Å². The SMILES string of the molecule is CC1CC(C)(C)C2CCC12. The van der Waals surface area contributed by atoms with Gasteiger partial charge < -0.3 is 0 Å². The number of fused-ring (bicyclic) bond motifs is 1. The summed E-state index contributed by atoms with van der Waals surface area (Å²) < 4.78 is 0. The molecule has 3 atom stereocenters. The van der Waals surface area contributed by atoms with Gasteiger partial charge in [0, 0.05) is 0 Å². The lowest BCUT2D eigenvalue weighted by Crippen LogP contribution is -2.31. The molecule has 10 heavy (non-hydrogen) atoms. The van der Waals surface area contributed by atoms with Crippen molar-refractivity contribution in [1.82, 2.24) is 0 Å². The topological polar surface area (TPSA) is 0 Å². The Morgan fingerprint density at radius 1 is 1.20 bits per heavy atom. The molecule has 3 unspecified atom stereocenters. The normalized spacial score (nSPS) is 50.1. The van der Waals surface area contributed by atoms with E-state index in [0.717, 1.165) is 17.8 Å². The Balaban J connectivity index is 2.17. The van der Waals surface area contributed by atoms with Crippen LogP contribution in [0.1, 0.15) is 40.0 Å². The number of hydrogen-bond donors (Lipinski definition) is 0. The number of hydrogen-bond acceptors (Lipinski definition) is 0. The highest BCUT2D eigenvalue weighted by Gasteiger charge is 2.50. The Morgan fingerprint density at radius 2 is 1.90 bits per heavy atom. The fourth-order valence-electron chi connectivity index (χ4n) is 3.31. The second-order valence-electron chi connectivity index (χ2n) is 5.02. The van der Waals surface area contributed by atoms with E-state index in [0.29, 0.717) is 5.41 Å². The first-order valence-electron chi connectivity index (χ1n) is 4.61. The Morgan fingerprint density at radius 3 is 2.10 bits per heavy atom. The second-order valence-corrected chi connectivity index (χ2v) is 5.02. The smallest absolute Gasteiger partial charge is 0.0321 e. The highest BCUT2D eigenvalue weighted by molar-refractivity contribution is 5.00. The van der Waals surface area contributed by atoms with Gasteiger partial charge in [-0.1, -0.05) is 20.8 Å². The van der Waals surface area contributed by atoms with Crippen molar-refractivity contribution in [1.29, 1.82) is 0 Å². The van der Waals surface area contributed by atoms with Gasteiger partial charge in [-0.05, 0) is 42.4 Å². The molecule has 0 bridgehead atoms. The van der Waals surface area contributed by atoms with Gasteiger partial charge in [-0.15, -0.1) is 0 Å². The minimum Gasteiger partial charge on any atom is -0.0622 e. The molecule has 2 saturated carbocycles. The highest BCUT2D eigenvalue weighted by atomic mass is 14.6. The molecule has 0 saturated heterocycles. The van der Waals surface area contributed by atoms with Crippen LogP contribution in [0, 0.1) is 23.2 Å². The molecule has 0 aromatic rings. The molecule has 0 aromatic carbocycles. The van der Waals surface area contributed by atoms with Gasteiger partial charge in [-0.3, -0.25) is 0 Å². The van der Waals surface area contributed by atoms with Gasteiger partial charge in [0.1, 0.15) is 0 Å². The quantitative estimate of drug-likeness (QED) is 0.482. The third-order valence-electron chi connectivity index (χ3n) is 3.91. The van der Waals surface area contributed by atoms with Crippen molar-refractivity contribution in [3.05, 3.63) is 0 Å². The van der Waals surface area contributed by atoms with Crippen molar-refractivity contribution >= 4 is 0 Å². The molecule has 58 valence electrons. The van der Waals surface area contributed by atoms with Crippen LogP contribution in [0.25, 0.3) is 0 Å². The summed E-state index contributed by atoms with van der Waals surface area (Å²) in [6.07, 6.45) is 4.51. The average molecular weight is 138 g/mol. The molecule has 2 rings (SSSR count). The van der Waals surface area contributed by atoms with E-state index in [1.54, 1.807) is 0 Å². The third kappa shape index (κ3) is 0.681. The van der Waals surface area contributed by atoms with E-state index >= 15 is 0 Å². The zero-order valence-corrected chi connectivity index (χ0v) is 7.35. The van der Waals surface area contributed by atoms with E-state index in [2.05, 4.69) is 20.8 Å². The predicted octanol–water partition coefficient (Wildman–Crippen LogP) is 3.08. The van der Waals surface area contributed by atoms with Crippen LogP contribution in [0.4, 0.5) is 0 Å². The molecule has 0 heterocycles.